The van der Waals surface area contributed by atoms with E-state index in [-0.39, 0.29) is 0 Å². The Balaban J connectivity index is 1.61. The Kier molecular flexibility index (Phi) is 4.84. The Morgan fingerprint density at radius 3 is 2.63 bits per heavy atom. The van der Waals surface area contributed by atoms with E-state index in [0.29, 0.717) is 10.6 Å². The summed E-state index contributed by atoms with van der Waals surface area (Å²) in [4.78, 5) is 0. The minimum absolute atomic E-state index is 0.445. The molecule has 0 fully saturated rings. The third-order valence-electron chi connectivity index (χ3n) is 5.20. The maximum Gasteiger partial charge on any atom is 0.216 e. The van der Waals surface area contributed by atoms with Gasteiger partial charge in [-0.2, -0.15) is 14.9 Å². The van der Waals surface area contributed by atoms with Gasteiger partial charge < -0.3 is 4.57 Å². The van der Waals surface area contributed by atoms with Crippen molar-refractivity contribution in [1.29, 1.82) is 0 Å². The molecule has 0 bridgehead atoms. The molecule has 0 atom stereocenters. The highest BCUT2D eigenvalue weighted by atomic mass is 79.9. The van der Waals surface area contributed by atoms with Crippen LogP contribution in [0.25, 0.3) is 33.2 Å². The molecule has 1 N–H and O–H groups in total. The Bertz CT molecular complexity index is 1470. The number of rotatable bonds is 4. The molecule has 0 aliphatic rings. The molecule has 2 aromatic heterocycles. The zero-order valence-electron chi connectivity index (χ0n) is 16.2. The van der Waals surface area contributed by atoms with Crippen LogP contribution in [0.1, 0.15) is 12.5 Å². The Morgan fingerprint density at radius 2 is 1.80 bits per heavy atom. The summed E-state index contributed by atoms with van der Waals surface area (Å²) >= 11 is 8.98. The first-order valence-electron chi connectivity index (χ1n) is 9.65. The van der Waals surface area contributed by atoms with Crippen molar-refractivity contribution in [3.05, 3.63) is 81.5 Å². The van der Waals surface area contributed by atoms with E-state index in [1.807, 2.05) is 30.5 Å². The van der Waals surface area contributed by atoms with E-state index in [2.05, 4.69) is 85.2 Å². The number of nitrogens with zero attached hydrogens (tertiary/aromatic N) is 4. The molecule has 5 rings (SSSR count). The fourth-order valence-corrected chi connectivity index (χ4v) is 4.47. The van der Waals surface area contributed by atoms with Crippen LogP contribution >= 0.6 is 28.1 Å². The topological polar surface area (TPSA) is 50.9 Å². The lowest BCUT2D eigenvalue weighted by Gasteiger charge is -2.04. The Morgan fingerprint density at radius 1 is 1.03 bits per heavy atom. The normalized spacial score (nSPS) is 11.8. The highest BCUT2D eigenvalue weighted by molar-refractivity contribution is 9.10. The second-order valence-electron chi connectivity index (χ2n) is 6.93. The molecule has 148 valence electrons. The van der Waals surface area contributed by atoms with Crippen LogP contribution in [0.5, 0.6) is 0 Å². The lowest BCUT2D eigenvalue weighted by Crippen LogP contribution is -1.96. The minimum atomic E-state index is 0.445. The number of para-hydroxylation sites is 1. The summed E-state index contributed by atoms with van der Waals surface area (Å²) in [5.41, 5.74) is 4.40. The molecule has 5 nitrogen and oxygen atoms in total. The molecule has 30 heavy (non-hydrogen) atoms. The number of halogens is 1. The summed E-state index contributed by atoms with van der Waals surface area (Å²) in [5.74, 6) is 0.660. The third kappa shape index (κ3) is 3.11. The van der Waals surface area contributed by atoms with Gasteiger partial charge in [0.2, 0.25) is 4.77 Å². The molecule has 7 heteroatoms. The van der Waals surface area contributed by atoms with Gasteiger partial charge in [0, 0.05) is 38.4 Å². The molecule has 0 saturated heterocycles. The summed E-state index contributed by atoms with van der Waals surface area (Å²) in [6.07, 6.45) is 1.82. The number of H-pyrrole nitrogens is 1. The van der Waals surface area contributed by atoms with Crippen LogP contribution in [-0.4, -0.2) is 25.7 Å². The lowest BCUT2D eigenvalue weighted by atomic mass is 10.1. The smallest absolute Gasteiger partial charge is 0.216 e. The van der Waals surface area contributed by atoms with Crippen LogP contribution in [0.3, 0.4) is 0 Å². The Labute approximate surface area is 186 Å². The fraction of sp³-hybridized carbons (Fsp3) is 0.0870. The van der Waals surface area contributed by atoms with Gasteiger partial charge in [-0.3, -0.25) is 0 Å². The highest BCUT2D eigenvalue weighted by Gasteiger charge is 2.12. The average molecular weight is 476 g/mol. The molecule has 2 heterocycles. The lowest BCUT2D eigenvalue weighted by molar-refractivity contribution is 0.827. The first-order valence-corrected chi connectivity index (χ1v) is 10.8. The first-order chi connectivity index (χ1) is 14.7. The van der Waals surface area contributed by atoms with Gasteiger partial charge in [0.15, 0.2) is 5.82 Å². The maximum absolute atomic E-state index is 5.40. The molecule has 3 aromatic carbocycles. The molecule has 0 radical (unpaired) electrons. The number of hydrogen-bond donors (Lipinski definition) is 1. The van der Waals surface area contributed by atoms with Crippen LogP contribution in [0.4, 0.5) is 0 Å². The molecule has 0 aliphatic carbocycles. The van der Waals surface area contributed by atoms with Gasteiger partial charge in [0.05, 0.1) is 6.21 Å². The number of aromatic amines is 1. The molecule has 0 saturated carbocycles. The van der Waals surface area contributed by atoms with Gasteiger partial charge in [-0.15, -0.1) is 0 Å². The molecule has 0 spiro atoms. The van der Waals surface area contributed by atoms with Crippen molar-refractivity contribution in [2.45, 2.75) is 13.5 Å². The van der Waals surface area contributed by atoms with Gasteiger partial charge in [0.1, 0.15) is 0 Å². The van der Waals surface area contributed by atoms with Gasteiger partial charge >= 0.3 is 0 Å². The summed E-state index contributed by atoms with van der Waals surface area (Å²) in [5, 5.41) is 14.3. The van der Waals surface area contributed by atoms with Crippen molar-refractivity contribution in [3.63, 3.8) is 0 Å². The van der Waals surface area contributed by atoms with E-state index in [9.17, 15) is 0 Å². The van der Waals surface area contributed by atoms with Crippen molar-refractivity contribution < 1.29 is 0 Å². The van der Waals surface area contributed by atoms with Crippen LogP contribution in [0.15, 0.2) is 76.3 Å². The number of hydrogen-bond acceptors (Lipinski definition) is 3. The zero-order valence-corrected chi connectivity index (χ0v) is 18.6. The van der Waals surface area contributed by atoms with Crippen LogP contribution < -0.4 is 0 Å². The fourth-order valence-electron chi connectivity index (χ4n) is 3.83. The number of benzene rings is 3. The zero-order chi connectivity index (χ0) is 20.7. The van der Waals surface area contributed by atoms with Crippen molar-refractivity contribution in [2.75, 3.05) is 0 Å². The number of fused-ring (bicyclic) bond motifs is 3. The third-order valence-corrected chi connectivity index (χ3v) is 6.16. The quantitative estimate of drug-likeness (QED) is 0.242. The van der Waals surface area contributed by atoms with Crippen molar-refractivity contribution in [3.8, 4) is 11.4 Å². The van der Waals surface area contributed by atoms with E-state index in [0.717, 1.165) is 22.1 Å². The van der Waals surface area contributed by atoms with Crippen LogP contribution in [0, 0.1) is 4.77 Å². The van der Waals surface area contributed by atoms with Crippen LogP contribution in [0.2, 0.25) is 0 Å². The van der Waals surface area contributed by atoms with Gasteiger partial charge in [0.25, 0.3) is 0 Å². The maximum atomic E-state index is 5.40. The van der Waals surface area contributed by atoms with E-state index in [1.54, 1.807) is 4.68 Å². The highest BCUT2D eigenvalue weighted by Crippen LogP contribution is 2.30. The largest absolute Gasteiger partial charge is 0.341 e. The second kappa shape index (κ2) is 7.66. The van der Waals surface area contributed by atoms with Crippen molar-refractivity contribution in [2.24, 2.45) is 5.10 Å². The molecular weight excluding hydrogens is 458 g/mol. The van der Waals surface area contributed by atoms with E-state index >= 15 is 0 Å². The number of aromatic nitrogens is 4. The number of nitrogens with one attached hydrogen (secondary N) is 1. The summed E-state index contributed by atoms with van der Waals surface area (Å²) in [6, 6.07) is 22.8. The summed E-state index contributed by atoms with van der Waals surface area (Å²) < 4.78 is 5.36. The van der Waals surface area contributed by atoms with Crippen molar-refractivity contribution >= 4 is 56.2 Å². The predicted molar refractivity (Wildman–Crippen MR) is 129 cm³/mol. The van der Waals surface area contributed by atoms with E-state index in [1.165, 1.54) is 21.8 Å². The molecule has 0 aliphatic heterocycles. The van der Waals surface area contributed by atoms with E-state index in [4.69, 9.17) is 12.2 Å². The standard InChI is InChI=1S/C23H18BrN5S/c1-2-28-20-10-6-4-7-16(20)18-13-15(11-12-21(18)28)14-25-29-22(26-27-23(29)30)17-8-3-5-9-19(17)24/h3-14H,2H2,1H3,(H,27,30)/b25-14-. The van der Waals surface area contributed by atoms with E-state index < -0.39 is 0 Å². The van der Waals surface area contributed by atoms with Gasteiger partial charge in [-0.05, 0) is 55.0 Å². The van der Waals surface area contributed by atoms with Gasteiger partial charge in [-0.1, -0.05) is 52.3 Å². The van der Waals surface area contributed by atoms with Crippen LogP contribution in [-0.2, 0) is 6.54 Å². The monoisotopic (exact) mass is 475 g/mol. The summed E-state index contributed by atoms with van der Waals surface area (Å²) in [6.45, 7) is 3.10. The first kappa shape index (κ1) is 19.0. The van der Waals surface area contributed by atoms with Gasteiger partial charge in [-0.25, -0.2) is 5.10 Å². The predicted octanol–water partition coefficient (Wildman–Crippen LogP) is 6.38. The SMILES string of the molecule is CCn1c2ccccc2c2cc(/C=N\n3c(-c4ccccc4Br)n[nH]c3=S)ccc21. The average Bonchev–Trinajstić information content (AvgIpc) is 3.29. The molecule has 0 unspecified atom stereocenters. The number of aryl methyl sites for hydroxylation is 1. The minimum Gasteiger partial charge on any atom is -0.341 e. The molecule has 0 amide bonds. The summed E-state index contributed by atoms with van der Waals surface area (Å²) in [7, 11) is 0. The second-order valence-corrected chi connectivity index (χ2v) is 8.17. The van der Waals surface area contributed by atoms with Crippen molar-refractivity contribution in [1.82, 2.24) is 19.4 Å². The molecule has 5 aromatic rings. The molecular formula is C23H18BrN5S. The Hall–Kier alpha value is -3.03.